The molecule has 0 saturated heterocycles. The maximum Gasteiger partial charge on any atom is 0.165 e. The highest BCUT2D eigenvalue weighted by Crippen LogP contribution is 2.32. The van der Waals surface area contributed by atoms with Crippen LogP contribution in [0.2, 0.25) is 0 Å². The summed E-state index contributed by atoms with van der Waals surface area (Å²) in [5.74, 6) is 0.493. The lowest BCUT2D eigenvalue weighted by molar-refractivity contribution is 0.439. The zero-order valence-electron chi connectivity index (χ0n) is 12.2. The van der Waals surface area contributed by atoms with Crippen molar-refractivity contribution in [2.24, 2.45) is 0 Å². The quantitative estimate of drug-likeness (QED) is 0.723. The van der Waals surface area contributed by atoms with E-state index in [1.807, 2.05) is 25.1 Å². The van der Waals surface area contributed by atoms with Crippen LogP contribution in [-0.4, -0.2) is 6.54 Å². The largest absolute Gasteiger partial charge is 0.453 e. The molecule has 21 heavy (non-hydrogen) atoms. The number of benzene rings is 2. The van der Waals surface area contributed by atoms with Gasteiger partial charge in [0.15, 0.2) is 11.6 Å². The predicted octanol–water partition coefficient (Wildman–Crippen LogP) is 5.19. The van der Waals surface area contributed by atoms with Crippen molar-refractivity contribution in [3.05, 3.63) is 57.8 Å². The van der Waals surface area contributed by atoms with Crippen LogP contribution in [0, 0.1) is 12.7 Å². The van der Waals surface area contributed by atoms with Gasteiger partial charge in [0, 0.05) is 6.54 Å². The Morgan fingerprint density at radius 2 is 1.95 bits per heavy atom. The fourth-order valence-electron chi connectivity index (χ4n) is 1.95. The third-order valence-corrected chi connectivity index (χ3v) is 3.68. The molecule has 0 aliphatic heterocycles. The molecule has 0 atom stereocenters. The van der Waals surface area contributed by atoms with E-state index in [-0.39, 0.29) is 11.6 Å². The number of hydrogen-bond donors (Lipinski definition) is 1. The van der Waals surface area contributed by atoms with Gasteiger partial charge in [0.1, 0.15) is 5.75 Å². The summed E-state index contributed by atoms with van der Waals surface area (Å²) in [7, 11) is 0. The predicted molar refractivity (Wildman–Crippen MR) is 87.4 cm³/mol. The number of hydrogen-bond acceptors (Lipinski definition) is 2. The van der Waals surface area contributed by atoms with Crippen molar-refractivity contribution < 1.29 is 9.13 Å². The second-order valence-electron chi connectivity index (χ2n) is 4.98. The molecule has 0 heterocycles. The van der Waals surface area contributed by atoms with Gasteiger partial charge in [-0.3, -0.25) is 0 Å². The van der Waals surface area contributed by atoms with Crippen LogP contribution in [0.1, 0.15) is 24.5 Å². The standard InChI is InChI=1S/C17H19BrFNO/c1-3-8-20-11-13-5-7-16(14(18)10-13)21-17-9-12(2)4-6-15(17)19/h4-7,9-10,20H,3,8,11H2,1-2H3. The van der Waals surface area contributed by atoms with Crippen molar-refractivity contribution in [3.63, 3.8) is 0 Å². The SMILES string of the molecule is CCCNCc1ccc(Oc2cc(C)ccc2F)c(Br)c1. The molecule has 2 aromatic rings. The molecule has 0 aromatic heterocycles. The van der Waals surface area contributed by atoms with E-state index in [2.05, 4.69) is 28.2 Å². The molecule has 0 fully saturated rings. The monoisotopic (exact) mass is 351 g/mol. The highest BCUT2D eigenvalue weighted by Gasteiger charge is 2.08. The summed E-state index contributed by atoms with van der Waals surface area (Å²) in [5, 5.41) is 3.34. The first kappa shape index (κ1) is 16.0. The van der Waals surface area contributed by atoms with Gasteiger partial charge < -0.3 is 10.1 Å². The molecule has 1 N–H and O–H groups in total. The number of halogens is 2. The molecule has 0 bridgehead atoms. The Labute approximate surface area is 133 Å². The number of ether oxygens (including phenoxy) is 1. The molecule has 0 aliphatic carbocycles. The van der Waals surface area contributed by atoms with Gasteiger partial charge in [-0.15, -0.1) is 0 Å². The maximum atomic E-state index is 13.7. The Morgan fingerprint density at radius 3 is 2.67 bits per heavy atom. The average molecular weight is 352 g/mol. The Morgan fingerprint density at radius 1 is 1.14 bits per heavy atom. The minimum Gasteiger partial charge on any atom is -0.453 e. The fourth-order valence-corrected chi connectivity index (χ4v) is 2.46. The van der Waals surface area contributed by atoms with Gasteiger partial charge in [-0.25, -0.2) is 4.39 Å². The molecule has 0 saturated carbocycles. The van der Waals surface area contributed by atoms with E-state index in [0.29, 0.717) is 5.75 Å². The number of nitrogens with one attached hydrogen (secondary N) is 1. The number of aryl methyl sites for hydroxylation is 1. The van der Waals surface area contributed by atoms with Crippen LogP contribution in [0.25, 0.3) is 0 Å². The van der Waals surface area contributed by atoms with Crippen LogP contribution in [0.15, 0.2) is 40.9 Å². The molecule has 0 amide bonds. The summed E-state index contributed by atoms with van der Waals surface area (Å²) in [6.07, 6.45) is 1.11. The molecule has 0 spiro atoms. The highest BCUT2D eigenvalue weighted by molar-refractivity contribution is 9.10. The van der Waals surface area contributed by atoms with Crippen LogP contribution in [-0.2, 0) is 6.54 Å². The summed E-state index contributed by atoms with van der Waals surface area (Å²) in [6.45, 7) is 5.84. The molecular weight excluding hydrogens is 333 g/mol. The Balaban J connectivity index is 2.12. The first-order valence-electron chi connectivity index (χ1n) is 7.03. The van der Waals surface area contributed by atoms with Crippen molar-refractivity contribution in [2.75, 3.05) is 6.54 Å². The minimum atomic E-state index is -0.360. The second-order valence-corrected chi connectivity index (χ2v) is 5.83. The average Bonchev–Trinajstić information content (AvgIpc) is 2.46. The first-order chi connectivity index (χ1) is 10.1. The smallest absolute Gasteiger partial charge is 0.165 e. The van der Waals surface area contributed by atoms with Gasteiger partial charge in [0.2, 0.25) is 0 Å². The first-order valence-corrected chi connectivity index (χ1v) is 7.82. The van der Waals surface area contributed by atoms with E-state index in [9.17, 15) is 4.39 Å². The minimum absolute atomic E-state index is 0.243. The van der Waals surface area contributed by atoms with Crippen LogP contribution >= 0.6 is 15.9 Å². The van der Waals surface area contributed by atoms with E-state index in [0.717, 1.165) is 35.1 Å². The van der Waals surface area contributed by atoms with E-state index >= 15 is 0 Å². The van der Waals surface area contributed by atoms with E-state index < -0.39 is 0 Å². The van der Waals surface area contributed by atoms with Crippen molar-refractivity contribution in [3.8, 4) is 11.5 Å². The molecule has 112 valence electrons. The summed E-state index contributed by atoms with van der Waals surface area (Å²) >= 11 is 3.48. The summed E-state index contributed by atoms with van der Waals surface area (Å²) < 4.78 is 20.2. The van der Waals surface area contributed by atoms with Crippen LogP contribution in [0.3, 0.4) is 0 Å². The molecule has 0 unspecified atom stereocenters. The van der Waals surface area contributed by atoms with Crippen molar-refractivity contribution in [2.45, 2.75) is 26.8 Å². The van der Waals surface area contributed by atoms with Gasteiger partial charge in [-0.1, -0.05) is 19.1 Å². The zero-order chi connectivity index (χ0) is 15.2. The third-order valence-electron chi connectivity index (χ3n) is 3.06. The molecular formula is C17H19BrFNO. The zero-order valence-corrected chi connectivity index (χ0v) is 13.8. The Bertz CT molecular complexity index is 616. The van der Waals surface area contributed by atoms with Crippen molar-refractivity contribution in [1.82, 2.24) is 5.32 Å². The molecule has 2 nitrogen and oxygen atoms in total. The molecule has 4 heteroatoms. The lowest BCUT2D eigenvalue weighted by Crippen LogP contribution is -2.13. The molecule has 2 rings (SSSR count). The second kappa shape index (κ2) is 7.57. The Hall–Kier alpha value is -1.39. The molecule has 0 aliphatic rings. The number of rotatable bonds is 6. The molecule has 2 aromatic carbocycles. The summed E-state index contributed by atoms with van der Waals surface area (Å²) in [4.78, 5) is 0. The van der Waals surface area contributed by atoms with Crippen LogP contribution < -0.4 is 10.1 Å². The highest BCUT2D eigenvalue weighted by atomic mass is 79.9. The lowest BCUT2D eigenvalue weighted by Gasteiger charge is -2.11. The maximum absolute atomic E-state index is 13.7. The van der Waals surface area contributed by atoms with Gasteiger partial charge in [0.25, 0.3) is 0 Å². The summed E-state index contributed by atoms with van der Waals surface area (Å²) in [6, 6.07) is 10.7. The van der Waals surface area contributed by atoms with Gasteiger partial charge in [-0.05, 0) is 71.2 Å². The van der Waals surface area contributed by atoms with E-state index in [1.54, 1.807) is 12.1 Å². The van der Waals surface area contributed by atoms with Crippen LogP contribution in [0.5, 0.6) is 11.5 Å². The van der Waals surface area contributed by atoms with Gasteiger partial charge in [-0.2, -0.15) is 0 Å². The lowest BCUT2D eigenvalue weighted by atomic mass is 10.2. The van der Waals surface area contributed by atoms with Gasteiger partial charge >= 0.3 is 0 Å². The third kappa shape index (κ3) is 4.55. The van der Waals surface area contributed by atoms with E-state index in [1.165, 1.54) is 6.07 Å². The normalized spacial score (nSPS) is 10.7. The van der Waals surface area contributed by atoms with Crippen molar-refractivity contribution >= 4 is 15.9 Å². The fraction of sp³-hybridized carbons (Fsp3) is 0.294. The Kier molecular flexibility index (Phi) is 5.76. The van der Waals surface area contributed by atoms with Gasteiger partial charge in [0.05, 0.1) is 4.47 Å². The summed E-state index contributed by atoms with van der Waals surface area (Å²) in [5.41, 5.74) is 2.12. The van der Waals surface area contributed by atoms with Crippen molar-refractivity contribution in [1.29, 1.82) is 0 Å². The van der Waals surface area contributed by atoms with E-state index in [4.69, 9.17) is 4.74 Å². The molecule has 0 radical (unpaired) electrons. The topological polar surface area (TPSA) is 21.3 Å². The van der Waals surface area contributed by atoms with Crippen LogP contribution in [0.4, 0.5) is 4.39 Å².